The van der Waals surface area contributed by atoms with Gasteiger partial charge < -0.3 is 15.1 Å². The molecule has 0 radical (unpaired) electrons. The zero-order valence-electron chi connectivity index (χ0n) is 13.3. The Labute approximate surface area is 127 Å². The van der Waals surface area contributed by atoms with Crippen LogP contribution in [-0.4, -0.2) is 85.4 Å². The van der Waals surface area contributed by atoms with Crippen LogP contribution in [0.4, 0.5) is 0 Å². The van der Waals surface area contributed by atoms with Gasteiger partial charge in [0.1, 0.15) is 0 Å². The minimum absolute atomic E-state index is 0.124. The van der Waals surface area contributed by atoms with E-state index in [0.29, 0.717) is 19.1 Å². The lowest BCUT2D eigenvalue weighted by molar-refractivity contribution is -0.137. The SMILES string of the molecule is CC1CCCCN1C(=O)CN(C)CC(=O)N1CCNCC1. The van der Waals surface area contributed by atoms with Crippen LogP contribution in [0.2, 0.25) is 0 Å². The van der Waals surface area contributed by atoms with Crippen LogP contribution in [0.15, 0.2) is 0 Å². The second-order valence-corrected chi connectivity index (χ2v) is 6.24. The third kappa shape index (κ3) is 4.68. The summed E-state index contributed by atoms with van der Waals surface area (Å²) in [6, 6.07) is 0.337. The Hall–Kier alpha value is -1.14. The third-order valence-electron chi connectivity index (χ3n) is 4.40. The molecular weight excluding hydrogens is 268 g/mol. The maximum absolute atomic E-state index is 12.3. The number of nitrogens with zero attached hydrogens (tertiary/aromatic N) is 3. The molecule has 1 unspecified atom stereocenters. The molecule has 1 atom stereocenters. The molecule has 2 amide bonds. The second-order valence-electron chi connectivity index (χ2n) is 6.24. The Balaban J connectivity index is 1.76. The molecule has 2 aliphatic heterocycles. The van der Waals surface area contributed by atoms with Crippen LogP contribution in [0.25, 0.3) is 0 Å². The van der Waals surface area contributed by atoms with Gasteiger partial charge in [-0.2, -0.15) is 0 Å². The van der Waals surface area contributed by atoms with Gasteiger partial charge in [-0.1, -0.05) is 0 Å². The van der Waals surface area contributed by atoms with Crippen LogP contribution in [0, 0.1) is 0 Å². The van der Waals surface area contributed by atoms with Crippen molar-refractivity contribution in [1.29, 1.82) is 0 Å². The number of hydrogen-bond acceptors (Lipinski definition) is 4. The van der Waals surface area contributed by atoms with Crippen molar-refractivity contribution in [2.45, 2.75) is 32.2 Å². The van der Waals surface area contributed by atoms with Crippen molar-refractivity contribution < 1.29 is 9.59 Å². The van der Waals surface area contributed by atoms with Crippen LogP contribution in [0.1, 0.15) is 26.2 Å². The molecule has 0 aliphatic carbocycles. The standard InChI is InChI=1S/C15H28N4O2/c1-13-5-3-4-8-19(13)15(21)12-17(2)11-14(20)18-9-6-16-7-10-18/h13,16H,3-12H2,1-2H3. The van der Waals surface area contributed by atoms with Crippen LogP contribution >= 0.6 is 0 Å². The van der Waals surface area contributed by atoms with E-state index in [4.69, 9.17) is 0 Å². The van der Waals surface area contributed by atoms with Gasteiger partial charge >= 0.3 is 0 Å². The first-order valence-electron chi connectivity index (χ1n) is 8.04. The van der Waals surface area contributed by atoms with E-state index in [0.717, 1.165) is 45.6 Å². The Bertz CT molecular complexity index is 369. The summed E-state index contributed by atoms with van der Waals surface area (Å²) in [5, 5.41) is 3.23. The molecule has 2 aliphatic rings. The number of likely N-dealkylation sites (N-methyl/N-ethyl adjacent to an activating group) is 1. The highest BCUT2D eigenvalue weighted by Gasteiger charge is 2.25. The number of hydrogen-bond donors (Lipinski definition) is 1. The number of carbonyl (C=O) groups is 2. The molecule has 0 spiro atoms. The number of nitrogens with one attached hydrogen (secondary N) is 1. The van der Waals surface area contributed by atoms with Gasteiger partial charge in [-0.3, -0.25) is 14.5 Å². The van der Waals surface area contributed by atoms with Gasteiger partial charge in [-0.05, 0) is 33.2 Å². The van der Waals surface area contributed by atoms with Crippen LogP contribution in [0.5, 0.6) is 0 Å². The van der Waals surface area contributed by atoms with E-state index in [-0.39, 0.29) is 11.8 Å². The molecule has 0 aromatic carbocycles. The summed E-state index contributed by atoms with van der Waals surface area (Å²) in [5.41, 5.74) is 0. The van der Waals surface area contributed by atoms with E-state index in [9.17, 15) is 9.59 Å². The summed E-state index contributed by atoms with van der Waals surface area (Å²) < 4.78 is 0. The van der Waals surface area contributed by atoms with Crippen molar-refractivity contribution in [3.63, 3.8) is 0 Å². The van der Waals surface area contributed by atoms with E-state index in [1.54, 1.807) is 0 Å². The summed E-state index contributed by atoms with van der Waals surface area (Å²) in [6.45, 7) is 6.89. The first-order valence-corrected chi connectivity index (χ1v) is 8.04. The number of rotatable bonds is 4. The number of amides is 2. The molecule has 21 heavy (non-hydrogen) atoms. The summed E-state index contributed by atoms with van der Waals surface area (Å²) in [5.74, 6) is 0.274. The summed E-state index contributed by atoms with van der Waals surface area (Å²) in [6.07, 6.45) is 3.40. The molecule has 1 N–H and O–H groups in total. The minimum atomic E-state index is 0.124. The lowest BCUT2D eigenvalue weighted by Gasteiger charge is -2.35. The summed E-state index contributed by atoms with van der Waals surface area (Å²) in [4.78, 5) is 30.2. The summed E-state index contributed by atoms with van der Waals surface area (Å²) >= 11 is 0. The van der Waals surface area contributed by atoms with Crippen molar-refractivity contribution in [3.05, 3.63) is 0 Å². The zero-order valence-corrected chi connectivity index (χ0v) is 13.3. The highest BCUT2D eigenvalue weighted by Crippen LogP contribution is 2.16. The van der Waals surface area contributed by atoms with E-state index >= 15 is 0 Å². The lowest BCUT2D eigenvalue weighted by Crippen LogP contribution is -2.51. The van der Waals surface area contributed by atoms with Gasteiger partial charge in [-0.15, -0.1) is 0 Å². The predicted molar refractivity (Wildman–Crippen MR) is 82.0 cm³/mol. The monoisotopic (exact) mass is 296 g/mol. The van der Waals surface area contributed by atoms with Crippen molar-refractivity contribution in [3.8, 4) is 0 Å². The number of carbonyl (C=O) groups excluding carboxylic acids is 2. The molecule has 0 saturated carbocycles. The fourth-order valence-electron chi connectivity index (χ4n) is 3.09. The first-order chi connectivity index (χ1) is 10.1. The quantitative estimate of drug-likeness (QED) is 0.777. The number of piperazine rings is 1. The van der Waals surface area contributed by atoms with Gasteiger partial charge in [0, 0.05) is 38.8 Å². The molecular formula is C15H28N4O2. The van der Waals surface area contributed by atoms with Crippen molar-refractivity contribution in [2.24, 2.45) is 0 Å². The van der Waals surface area contributed by atoms with Crippen LogP contribution < -0.4 is 5.32 Å². The van der Waals surface area contributed by atoms with Crippen molar-refractivity contribution >= 4 is 11.8 Å². The topological polar surface area (TPSA) is 55.9 Å². The molecule has 2 heterocycles. The first kappa shape index (κ1) is 16.2. The highest BCUT2D eigenvalue weighted by atomic mass is 16.2. The average Bonchev–Trinajstić information content (AvgIpc) is 2.48. The molecule has 120 valence electrons. The lowest BCUT2D eigenvalue weighted by atomic mass is 10.0. The third-order valence-corrected chi connectivity index (χ3v) is 4.40. The van der Waals surface area contributed by atoms with Gasteiger partial charge in [0.2, 0.25) is 11.8 Å². The minimum Gasteiger partial charge on any atom is -0.339 e. The highest BCUT2D eigenvalue weighted by molar-refractivity contribution is 5.81. The van der Waals surface area contributed by atoms with Gasteiger partial charge in [0.25, 0.3) is 0 Å². The second kappa shape index (κ2) is 7.75. The Morgan fingerprint density at radius 2 is 1.76 bits per heavy atom. The predicted octanol–water partition coefficient (Wildman–Crippen LogP) is -0.249. The molecule has 2 fully saturated rings. The van der Waals surface area contributed by atoms with Gasteiger partial charge in [0.05, 0.1) is 13.1 Å². The smallest absolute Gasteiger partial charge is 0.236 e. The van der Waals surface area contributed by atoms with E-state index in [2.05, 4.69) is 12.2 Å². The number of likely N-dealkylation sites (tertiary alicyclic amines) is 1. The fraction of sp³-hybridized carbons (Fsp3) is 0.867. The maximum atomic E-state index is 12.3. The van der Waals surface area contributed by atoms with Crippen molar-refractivity contribution in [1.82, 2.24) is 20.0 Å². The van der Waals surface area contributed by atoms with Gasteiger partial charge in [-0.25, -0.2) is 0 Å². The average molecular weight is 296 g/mol. The summed E-state index contributed by atoms with van der Waals surface area (Å²) in [7, 11) is 1.85. The molecule has 6 heteroatoms. The van der Waals surface area contributed by atoms with Crippen LogP contribution in [-0.2, 0) is 9.59 Å². The Morgan fingerprint density at radius 1 is 1.10 bits per heavy atom. The zero-order chi connectivity index (χ0) is 15.2. The van der Waals surface area contributed by atoms with Gasteiger partial charge in [0.15, 0.2) is 0 Å². The Morgan fingerprint density at radius 3 is 2.43 bits per heavy atom. The Kier molecular flexibility index (Phi) is 5.99. The fourth-order valence-corrected chi connectivity index (χ4v) is 3.09. The maximum Gasteiger partial charge on any atom is 0.236 e. The largest absolute Gasteiger partial charge is 0.339 e. The molecule has 0 aromatic rings. The molecule has 0 aromatic heterocycles. The van der Waals surface area contributed by atoms with E-state index < -0.39 is 0 Å². The molecule has 2 rings (SSSR count). The molecule has 2 saturated heterocycles. The molecule has 6 nitrogen and oxygen atoms in total. The number of piperidine rings is 1. The normalized spacial score (nSPS) is 23.5. The van der Waals surface area contributed by atoms with E-state index in [1.165, 1.54) is 6.42 Å². The van der Waals surface area contributed by atoms with E-state index in [1.807, 2.05) is 21.7 Å². The van der Waals surface area contributed by atoms with Crippen LogP contribution in [0.3, 0.4) is 0 Å². The molecule has 0 bridgehead atoms. The van der Waals surface area contributed by atoms with Crippen molar-refractivity contribution in [2.75, 3.05) is 52.9 Å².